The molecule has 2 aromatic heterocycles. The van der Waals surface area contributed by atoms with Gasteiger partial charge in [-0.1, -0.05) is 18.2 Å². The fourth-order valence-corrected chi connectivity index (χ4v) is 3.75. The van der Waals surface area contributed by atoms with Gasteiger partial charge in [-0.3, -0.25) is 9.48 Å². The van der Waals surface area contributed by atoms with Crippen molar-refractivity contribution in [2.45, 2.75) is 6.92 Å². The van der Waals surface area contributed by atoms with Gasteiger partial charge in [0.1, 0.15) is 11.4 Å². The minimum absolute atomic E-state index is 0.0508. The van der Waals surface area contributed by atoms with Crippen LogP contribution in [0.2, 0.25) is 0 Å². The van der Waals surface area contributed by atoms with Crippen LogP contribution in [0.5, 0.6) is 0 Å². The Morgan fingerprint density at radius 2 is 1.74 bits per heavy atom. The van der Waals surface area contributed by atoms with Gasteiger partial charge in [0.15, 0.2) is 0 Å². The average Bonchev–Trinajstić information content (AvgIpc) is 3.27. The maximum atomic E-state index is 13.0. The quantitative estimate of drug-likeness (QED) is 0.719. The number of para-hydroxylation sites is 1. The van der Waals surface area contributed by atoms with Gasteiger partial charge in [-0.2, -0.15) is 5.10 Å². The number of piperazine rings is 1. The molecule has 1 saturated heterocycles. The summed E-state index contributed by atoms with van der Waals surface area (Å²) in [6.45, 7) is 5.27. The first-order chi connectivity index (χ1) is 13.0. The van der Waals surface area contributed by atoms with Gasteiger partial charge in [-0.25, -0.2) is 0 Å². The maximum absolute atomic E-state index is 13.0. The zero-order valence-electron chi connectivity index (χ0n) is 16.1. The van der Waals surface area contributed by atoms with Gasteiger partial charge in [0.05, 0.1) is 5.69 Å². The van der Waals surface area contributed by atoms with Crippen LogP contribution in [0.4, 0.5) is 5.69 Å². The predicted molar refractivity (Wildman–Crippen MR) is 107 cm³/mol. The summed E-state index contributed by atoms with van der Waals surface area (Å²) in [5.74, 6) is 0.0508. The number of carbonyl (C=O) groups excluding carboxylic acids is 1. The Kier molecular flexibility index (Phi) is 4.48. The van der Waals surface area contributed by atoms with Gasteiger partial charge in [-0.05, 0) is 36.8 Å². The van der Waals surface area contributed by atoms with E-state index in [1.165, 1.54) is 11.3 Å². The van der Waals surface area contributed by atoms with Crippen molar-refractivity contribution in [1.29, 1.82) is 0 Å². The van der Waals surface area contributed by atoms with Crippen LogP contribution in [-0.2, 0) is 14.1 Å². The van der Waals surface area contributed by atoms with Gasteiger partial charge < -0.3 is 14.4 Å². The first kappa shape index (κ1) is 17.4. The topological polar surface area (TPSA) is 46.3 Å². The van der Waals surface area contributed by atoms with Crippen molar-refractivity contribution in [1.82, 2.24) is 19.2 Å². The molecule has 3 aromatic rings. The molecule has 0 aliphatic carbocycles. The van der Waals surface area contributed by atoms with E-state index in [1.807, 2.05) is 48.0 Å². The van der Waals surface area contributed by atoms with Crippen molar-refractivity contribution in [3.63, 3.8) is 0 Å². The van der Waals surface area contributed by atoms with E-state index in [1.54, 1.807) is 4.68 Å². The number of aromatic nitrogens is 3. The third-order valence-corrected chi connectivity index (χ3v) is 5.33. The molecule has 0 unspecified atom stereocenters. The van der Waals surface area contributed by atoms with E-state index >= 15 is 0 Å². The first-order valence-electron chi connectivity index (χ1n) is 9.30. The Hall–Kier alpha value is -3.02. The molecule has 0 radical (unpaired) electrons. The predicted octanol–water partition coefficient (Wildman–Crippen LogP) is 2.70. The third kappa shape index (κ3) is 3.23. The molecular formula is C21H25N5O. The highest BCUT2D eigenvalue weighted by Gasteiger charge is 2.25. The zero-order chi connectivity index (χ0) is 19.0. The van der Waals surface area contributed by atoms with E-state index in [9.17, 15) is 4.79 Å². The second-order valence-corrected chi connectivity index (χ2v) is 7.11. The number of carbonyl (C=O) groups is 1. The Labute approximate surface area is 159 Å². The lowest BCUT2D eigenvalue weighted by molar-refractivity contribution is 0.0735. The second kappa shape index (κ2) is 6.95. The fourth-order valence-electron chi connectivity index (χ4n) is 3.75. The summed E-state index contributed by atoms with van der Waals surface area (Å²) in [6, 6.07) is 14.3. The molecular weight excluding hydrogens is 338 g/mol. The first-order valence-corrected chi connectivity index (χ1v) is 9.30. The van der Waals surface area contributed by atoms with Crippen LogP contribution in [0.3, 0.4) is 0 Å². The summed E-state index contributed by atoms with van der Waals surface area (Å²) >= 11 is 0. The van der Waals surface area contributed by atoms with Crippen molar-refractivity contribution in [3.05, 3.63) is 59.9 Å². The summed E-state index contributed by atoms with van der Waals surface area (Å²) in [4.78, 5) is 17.3. The lowest BCUT2D eigenvalue weighted by Crippen LogP contribution is -2.49. The van der Waals surface area contributed by atoms with Crippen LogP contribution in [0.25, 0.3) is 11.4 Å². The van der Waals surface area contributed by atoms with Crippen LogP contribution in [0.15, 0.2) is 48.7 Å². The molecule has 6 heteroatoms. The summed E-state index contributed by atoms with van der Waals surface area (Å²) in [5, 5.41) is 4.54. The van der Waals surface area contributed by atoms with Crippen molar-refractivity contribution in [3.8, 4) is 11.4 Å². The van der Waals surface area contributed by atoms with Gasteiger partial charge in [0, 0.05) is 52.2 Å². The van der Waals surface area contributed by atoms with E-state index in [-0.39, 0.29) is 5.91 Å². The van der Waals surface area contributed by atoms with E-state index in [4.69, 9.17) is 0 Å². The zero-order valence-corrected chi connectivity index (χ0v) is 16.1. The molecule has 3 heterocycles. The Morgan fingerprint density at radius 3 is 2.41 bits per heavy atom. The maximum Gasteiger partial charge on any atom is 0.272 e. The van der Waals surface area contributed by atoms with Gasteiger partial charge in [0.2, 0.25) is 0 Å². The molecule has 4 rings (SSSR count). The van der Waals surface area contributed by atoms with E-state index in [2.05, 4.69) is 41.2 Å². The number of hydrogen-bond acceptors (Lipinski definition) is 3. The van der Waals surface area contributed by atoms with Gasteiger partial charge in [0.25, 0.3) is 5.91 Å². The van der Waals surface area contributed by atoms with Crippen LogP contribution >= 0.6 is 0 Å². The largest absolute Gasteiger partial charge is 0.368 e. The van der Waals surface area contributed by atoms with Crippen molar-refractivity contribution in [2.24, 2.45) is 14.1 Å². The molecule has 0 spiro atoms. The number of nitrogens with zero attached hydrogens (tertiary/aromatic N) is 5. The van der Waals surface area contributed by atoms with Crippen LogP contribution in [-0.4, -0.2) is 51.3 Å². The molecule has 0 atom stereocenters. The highest BCUT2D eigenvalue weighted by molar-refractivity contribution is 5.93. The number of aryl methyl sites for hydroxylation is 3. The Morgan fingerprint density at radius 1 is 1.00 bits per heavy atom. The van der Waals surface area contributed by atoms with Crippen molar-refractivity contribution in [2.75, 3.05) is 31.1 Å². The van der Waals surface area contributed by atoms with Gasteiger partial charge >= 0.3 is 0 Å². The van der Waals surface area contributed by atoms with E-state index < -0.39 is 0 Å². The average molecular weight is 363 g/mol. The summed E-state index contributed by atoms with van der Waals surface area (Å²) in [7, 11) is 3.82. The molecule has 1 aromatic carbocycles. The summed E-state index contributed by atoms with van der Waals surface area (Å²) in [5.41, 5.74) is 5.00. The fraction of sp³-hybridized carbons (Fsp3) is 0.333. The lowest BCUT2D eigenvalue weighted by Gasteiger charge is -2.36. The molecule has 1 aliphatic rings. The normalized spacial score (nSPS) is 14.6. The summed E-state index contributed by atoms with van der Waals surface area (Å²) in [6.07, 6.45) is 1.98. The molecule has 0 saturated carbocycles. The molecule has 0 bridgehead atoms. The van der Waals surface area contributed by atoms with Crippen molar-refractivity contribution < 1.29 is 4.79 Å². The molecule has 0 N–H and O–H groups in total. The molecule has 27 heavy (non-hydrogen) atoms. The highest BCUT2D eigenvalue weighted by atomic mass is 16.2. The molecule has 1 amide bonds. The number of benzene rings is 1. The van der Waals surface area contributed by atoms with Gasteiger partial charge in [-0.15, -0.1) is 0 Å². The minimum Gasteiger partial charge on any atom is -0.368 e. The number of rotatable bonds is 3. The van der Waals surface area contributed by atoms with Crippen LogP contribution < -0.4 is 4.90 Å². The molecule has 140 valence electrons. The highest BCUT2D eigenvalue weighted by Crippen LogP contribution is 2.23. The standard InChI is InChI=1S/C21H25N5O/c1-16-7-4-5-8-18(16)25-11-13-26(14-12-25)21(27)20-15-17(22-24(20)3)19-9-6-10-23(19)2/h4-10,15H,11-14H2,1-3H3. The van der Waals surface area contributed by atoms with E-state index in [0.29, 0.717) is 5.69 Å². The van der Waals surface area contributed by atoms with Crippen LogP contribution in [0.1, 0.15) is 16.1 Å². The minimum atomic E-state index is 0.0508. The second-order valence-electron chi connectivity index (χ2n) is 7.11. The Bertz CT molecular complexity index is 963. The monoisotopic (exact) mass is 363 g/mol. The third-order valence-electron chi connectivity index (χ3n) is 5.33. The molecule has 1 fully saturated rings. The van der Waals surface area contributed by atoms with Crippen LogP contribution in [0, 0.1) is 6.92 Å². The summed E-state index contributed by atoms with van der Waals surface area (Å²) < 4.78 is 3.70. The Balaban J connectivity index is 1.48. The number of hydrogen-bond donors (Lipinski definition) is 0. The SMILES string of the molecule is Cc1ccccc1N1CCN(C(=O)c2cc(-c3cccn3C)nn2C)CC1. The molecule has 1 aliphatic heterocycles. The lowest BCUT2D eigenvalue weighted by atomic mass is 10.1. The van der Waals surface area contributed by atoms with Crippen molar-refractivity contribution >= 4 is 11.6 Å². The molecule has 6 nitrogen and oxygen atoms in total. The van der Waals surface area contributed by atoms with E-state index in [0.717, 1.165) is 37.6 Å². The number of anilines is 1. The smallest absolute Gasteiger partial charge is 0.272 e. The number of amides is 1.